The normalized spacial score (nSPS) is 11.7. The number of esters is 2. The summed E-state index contributed by atoms with van der Waals surface area (Å²) in [6.07, 6.45) is 4.46. The number of carbonyl (C=O) groups is 2. The van der Waals surface area contributed by atoms with Crippen LogP contribution in [0.25, 0.3) is 0 Å². The summed E-state index contributed by atoms with van der Waals surface area (Å²) in [4.78, 5) is 23.1. The molecule has 0 aromatic carbocycles. The van der Waals surface area contributed by atoms with Gasteiger partial charge in [-0.1, -0.05) is 19.6 Å². The van der Waals surface area contributed by atoms with Crippen LogP contribution in [0.5, 0.6) is 0 Å². The van der Waals surface area contributed by atoms with E-state index in [1.807, 2.05) is 27.7 Å². The molecule has 23 heavy (non-hydrogen) atoms. The Morgan fingerprint density at radius 1 is 0.739 bits per heavy atom. The summed E-state index contributed by atoms with van der Waals surface area (Å²) in [7, 11) is 0. The van der Waals surface area contributed by atoms with Crippen molar-refractivity contribution in [2.45, 2.75) is 84.8 Å². The summed E-state index contributed by atoms with van der Waals surface area (Å²) in [6.45, 7) is 18.1. The maximum absolute atomic E-state index is 11.6. The molecular weight excluding hydrogens is 292 g/mol. The van der Waals surface area contributed by atoms with Crippen molar-refractivity contribution in [3.8, 4) is 0 Å². The van der Waals surface area contributed by atoms with E-state index in [1.54, 1.807) is 13.8 Å². The molecule has 4 nitrogen and oxygen atoms in total. The number of ether oxygens (including phenoxy) is 2. The van der Waals surface area contributed by atoms with Gasteiger partial charge in [-0.2, -0.15) is 0 Å². The lowest BCUT2D eigenvalue weighted by molar-refractivity contribution is -0.152. The molecule has 0 unspecified atom stereocenters. The van der Waals surface area contributed by atoms with Gasteiger partial charge in [0, 0.05) is 11.1 Å². The second-order valence-corrected chi connectivity index (χ2v) is 7.42. The Morgan fingerprint density at radius 3 is 1.30 bits per heavy atom. The van der Waals surface area contributed by atoms with Gasteiger partial charge in [0.15, 0.2) is 0 Å². The Hall–Kier alpha value is -1.58. The van der Waals surface area contributed by atoms with E-state index in [4.69, 9.17) is 9.47 Å². The van der Waals surface area contributed by atoms with E-state index < -0.39 is 11.2 Å². The molecule has 0 N–H and O–H groups in total. The Labute approximate surface area is 140 Å². The molecule has 0 saturated carbocycles. The van der Waals surface area contributed by atoms with Gasteiger partial charge in [-0.3, -0.25) is 0 Å². The first kappa shape index (κ1) is 21.4. The number of unbranched alkanes of at least 4 members (excludes halogenated alkanes) is 2. The molecule has 0 heterocycles. The van der Waals surface area contributed by atoms with Crippen molar-refractivity contribution in [2.24, 2.45) is 0 Å². The lowest BCUT2D eigenvalue weighted by Gasteiger charge is -2.26. The average molecular weight is 324 g/mol. The van der Waals surface area contributed by atoms with E-state index in [9.17, 15) is 9.59 Å². The monoisotopic (exact) mass is 324 g/mol. The molecule has 0 amide bonds. The van der Waals surface area contributed by atoms with Crippen molar-refractivity contribution in [1.29, 1.82) is 0 Å². The number of carbonyl (C=O) groups excluding carboxylic acids is 2. The van der Waals surface area contributed by atoms with Crippen LogP contribution in [0.15, 0.2) is 24.3 Å². The van der Waals surface area contributed by atoms with Gasteiger partial charge in [0.1, 0.15) is 11.2 Å². The van der Waals surface area contributed by atoms with E-state index in [0.717, 1.165) is 32.1 Å². The largest absolute Gasteiger partial charge is 0.456 e. The Bertz CT molecular complexity index is 416. The van der Waals surface area contributed by atoms with E-state index >= 15 is 0 Å². The topological polar surface area (TPSA) is 52.6 Å². The highest BCUT2D eigenvalue weighted by molar-refractivity contribution is 5.87. The van der Waals surface area contributed by atoms with Crippen LogP contribution in [-0.4, -0.2) is 23.1 Å². The highest BCUT2D eigenvalue weighted by atomic mass is 16.6. The fraction of sp³-hybridized carbons (Fsp3) is 0.684. The lowest BCUT2D eigenvalue weighted by Crippen LogP contribution is -2.29. The minimum atomic E-state index is -0.488. The molecule has 0 aliphatic carbocycles. The smallest absolute Gasteiger partial charge is 0.333 e. The van der Waals surface area contributed by atoms with E-state index in [0.29, 0.717) is 11.1 Å². The quantitative estimate of drug-likeness (QED) is 0.331. The molecule has 0 bridgehead atoms. The molecule has 0 rings (SSSR count). The Kier molecular flexibility index (Phi) is 8.29. The van der Waals surface area contributed by atoms with E-state index in [-0.39, 0.29) is 11.9 Å². The third-order valence-corrected chi connectivity index (χ3v) is 3.49. The van der Waals surface area contributed by atoms with Crippen molar-refractivity contribution in [3.63, 3.8) is 0 Å². The summed E-state index contributed by atoms with van der Waals surface area (Å²) in [5.41, 5.74) is -0.144. The van der Waals surface area contributed by atoms with Crippen LogP contribution in [0.3, 0.4) is 0 Å². The van der Waals surface area contributed by atoms with Crippen molar-refractivity contribution in [1.82, 2.24) is 0 Å². The zero-order valence-corrected chi connectivity index (χ0v) is 15.6. The maximum atomic E-state index is 11.6. The molecule has 0 fully saturated rings. The van der Waals surface area contributed by atoms with Crippen molar-refractivity contribution in [2.75, 3.05) is 0 Å². The highest BCUT2D eigenvalue weighted by Gasteiger charge is 2.24. The Balaban J connectivity index is 4.08. The first-order valence-electron chi connectivity index (χ1n) is 8.14. The van der Waals surface area contributed by atoms with Crippen LogP contribution in [0.4, 0.5) is 0 Å². The van der Waals surface area contributed by atoms with Gasteiger partial charge in [0.25, 0.3) is 0 Å². The fourth-order valence-corrected chi connectivity index (χ4v) is 2.06. The van der Waals surface area contributed by atoms with Gasteiger partial charge in [-0.15, -0.1) is 0 Å². The lowest BCUT2D eigenvalue weighted by atomic mass is 9.96. The zero-order valence-electron chi connectivity index (χ0n) is 15.6. The molecule has 0 atom stereocenters. The molecule has 0 aromatic rings. The molecule has 0 aliphatic rings. The zero-order chi connectivity index (χ0) is 18.3. The van der Waals surface area contributed by atoms with Crippen LogP contribution >= 0.6 is 0 Å². The highest BCUT2D eigenvalue weighted by Crippen LogP contribution is 2.23. The minimum absolute atomic E-state index is 0.345. The summed E-state index contributed by atoms with van der Waals surface area (Å²) in [5.74, 6) is -0.689. The van der Waals surface area contributed by atoms with Gasteiger partial charge in [-0.25, -0.2) is 9.59 Å². The van der Waals surface area contributed by atoms with Crippen molar-refractivity contribution in [3.05, 3.63) is 24.3 Å². The van der Waals surface area contributed by atoms with Crippen LogP contribution in [0.1, 0.15) is 73.6 Å². The summed E-state index contributed by atoms with van der Waals surface area (Å²) in [5, 5.41) is 0. The minimum Gasteiger partial charge on any atom is -0.456 e. The molecular formula is C19H32O4. The molecule has 0 spiro atoms. The standard InChI is InChI=1S/C19H32O4/c1-14(2)16(20)22-18(5,6)12-10-9-11-13-19(7,8)23-17(21)15(3)4/h1,3,9-13H2,2,4-8H3. The fourth-order valence-electron chi connectivity index (χ4n) is 2.06. The maximum Gasteiger partial charge on any atom is 0.333 e. The van der Waals surface area contributed by atoms with Crippen LogP contribution in [0.2, 0.25) is 0 Å². The number of hydrogen-bond acceptors (Lipinski definition) is 4. The number of hydrogen-bond donors (Lipinski definition) is 0. The molecule has 0 aliphatic heterocycles. The van der Waals surface area contributed by atoms with Crippen LogP contribution in [-0.2, 0) is 19.1 Å². The van der Waals surface area contributed by atoms with E-state index in [2.05, 4.69) is 13.2 Å². The summed E-state index contributed by atoms with van der Waals surface area (Å²) in [6, 6.07) is 0. The second-order valence-electron chi connectivity index (χ2n) is 7.42. The third kappa shape index (κ3) is 9.93. The molecule has 4 heteroatoms. The van der Waals surface area contributed by atoms with Gasteiger partial charge < -0.3 is 9.47 Å². The van der Waals surface area contributed by atoms with Crippen molar-refractivity contribution < 1.29 is 19.1 Å². The Morgan fingerprint density at radius 2 is 1.04 bits per heavy atom. The van der Waals surface area contributed by atoms with Crippen LogP contribution in [0, 0.1) is 0 Å². The predicted octanol–water partition coefficient (Wildman–Crippen LogP) is 4.73. The SMILES string of the molecule is C=C(C)C(=O)OC(C)(C)CCCCCC(C)(C)OC(=O)C(=C)C. The summed E-state index contributed by atoms with van der Waals surface area (Å²) >= 11 is 0. The predicted molar refractivity (Wildman–Crippen MR) is 93.1 cm³/mol. The first-order valence-corrected chi connectivity index (χ1v) is 8.14. The first-order chi connectivity index (χ1) is 10.4. The van der Waals surface area contributed by atoms with Gasteiger partial charge in [-0.05, 0) is 67.2 Å². The number of rotatable bonds is 10. The van der Waals surface area contributed by atoms with Gasteiger partial charge in [0.2, 0.25) is 0 Å². The van der Waals surface area contributed by atoms with Crippen molar-refractivity contribution >= 4 is 11.9 Å². The van der Waals surface area contributed by atoms with E-state index in [1.165, 1.54) is 0 Å². The third-order valence-electron chi connectivity index (χ3n) is 3.49. The molecule has 132 valence electrons. The molecule has 0 radical (unpaired) electrons. The molecule has 0 aromatic heterocycles. The second kappa shape index (κ2) is 8.90. The van der Waals surface area contributed by atoms with Gasteiger partial charge >= 0.3 is 11.9 Å². The molecule has 0 saturated heterocycles. The van der Waals surface area contributed by atoms with Gasteiger partial charge in [0.05, 0.1) is 0 Å². The van der Waals surface area contributed by atoms with Crippen LogP contribution < -0.4 is 0 Å². The average Bonchev–Trinajstić information content (AvgIpc) is 2.36. The summed E-state index contributed by atoms with van der Waals surface area (Å²) < 4.78 is 10.8.